The van der Waals surface area contributed by atoms with E-state index in [2.05, 4.69) is 10.3 Å². The van der Waals surface area contributed by atoms with Crippen molar-refractivity contribution in [3.63, 3.8) is 0 Å². The van der Waals surface area contributed by atoms with E-state index in [1.807, 2.05) is 48.5 Å². The van der Waals surface area contributed by atoms with E-state index in [1.165, 1.54) is 7.11 Å². The average molecular weight is 752 g/mol. The predicted octanol–water partition coefficient (Wildman–Crippen LogP) is 8.82. The van der Waals surface area contributed by atoms with Crippen LogP contribution in [0.5, 0.6) is 17.6 Å². The SMILES string of the molecule is COc1nc(-c2cccc(-c3cccc4c3CC[C@@H]4Oc3nc(OC)c(CCCCC(=O)O)cc3C(F)(F)F)c2Cl)ccc1CNC[C@@H]1CCC(=O)C1. The van der Waals surface area contributed by atoms with Crippen LogP contribution in [-0.2, 0) is 35.2 Å². The summed E-state index contributed by atoms with van der Waals surface area (Å²) in [6.45, 7) is 1.29. The second kappa shape index (κ2) is 16.6. The number of nitrogens with zero attached hydrogens (tertiary/aromatic N) is 2. The number of aromatic nitrogens is 2. The number of alkyl halides is 3. The smallest absolute Gasteiger partial charge is 0.421 e. The number of carboxylic acids is 1. The van der Waals surface area contributed by atoms with Gasteiger partial charge in [-0.1, -0.05) is 54.1 Å². The molecule has 1 fully saturated rings. The Hall–Kier alpha value is -4.68. The van der Waals surface area contributed by atoms with Crippen molar-refractivity contribution in [3.8, 4) is 40.0 Å². The van der Waals surface area contributed by atoms with Crippen LogP contribution < -0.4 is 19.5 Å². The van der Waals surface area contributed by atoms with Gasteiger partial charge in [0.1, 0.15) is 17.5 Å². The van der Waals surface area contributed by atoms with Gasteiger partial charge >= 0.3 is 12.1 Å². The molecule has 4 aromatic rings. The zero-order chi connectivity index (χ0) is 37.7. The van der Waals surface area contributed by atoms with E-state index < -0.39 is 29.7 Å². The van der Waals surface area contributed by atoms with E-state index in [9.17, 15) is 22.8 Å². The van der Waals surface area contributed by atoms with Gasteiger partial charge in [0.15, 0.2) is 0 Å². The number of nitrogens with one attached hydrogen (secondary N) is 1. The minimum Gasteiger partial charge on any atom is -0.481 e. The fourth-order valence-corrected chi connectivity index (χ4v) is 7.56. The Kier molecular flexibility index (Phi) is 11.9. The molecule has 53 heavy (non-hydrogen) atoms. The van der Waals surface area contributed by atoms with Crippen molar-refractivity contribution >= 4 is 23.4 Å². The molecule has 9 nitrogen and oxygen atoms in total. The maximum atomic E-state index is 14.4. The second-order valence-corrected chi connectivity index (χ2v) is 13.8. The molecule has 0 aliphatic heterocycles. The third-order valence-electron chi connectivity index (χ3n) is 9.88. The molecule has 2 aliphatic carbocycles. The topological polar surface area (TPSA) is 120 Å². The number of aliphatic carboxylic acids is 1. The summed E-state index contributed by atoms with van der Waals surface area (Å²) in [5, 5.41) is 12.8. The lowest BCUT2D eigenvalue weighted by Gasteiger charge is -2.20. The lowest BCUT2D eigenvalue weighted by atomic mass is 9.94. The minimum absolute atomic E-state index is 0.00944. The van der Waals surface area contributed by atoms with E-state index >= 15 is 0 Å². The van der Waals surface area contributed by atoms with Crippen LogP contribution in [0.2, 0.25) is 5.02 Å². The van der Waals surface area contributed by atoms with Crippen LogP contribution in [0.15, 0.2) is 54.6 Å². The first kappa shape index (κ1) is 38.1. The number of carbonyl (C=O) groups excluding carboxylic acids is 1. The standard InChI is InChI=1S/C40H41ClF3N3O6/c1-51-37-24(7-3-4-12-35(49)50)20-32(40(42,43)44)39(47-37)53-34-18-16-28-27(8-5-9-29(28)34)30-10-6-11-31(36(30)41)33-17-14-25(38(46-33)52-2)22-45-21-23-13-15-26(48)19-23/h5-6,8-11,14,17,20,23,34,45H,3-4,7,12-13,15-16,18-19,21-22H2,1-2H3,(H,49,50)/t23-,34+/m1/s1. The molecule has 0 bridgehead atoms. The van der Waals surface area contributed by atoms with Crippen LogP contribution in [0.1, 0.15) is 78.9 Å². The lowest BCUT2D eigenvalue weighted by Crippen LogP contribution is -2.21. The molecule has 6 rings (SSSR count). The van der Waals surface area contributed by atoms with Gasteiger partial charge in [-0.2, -0.15) is 18.2 Å². The van der Waals surface area contributed by atoms with Gasteiger partial charge in [-0.05, 0) is 79.8 Å². The Morgan fingerprint density at radius 1 is 0.925 bits per heavy atom. The second-order valence-electron chi connectivity index (χ2n) is 13.4. The summed E-state index contributed by atoms with van der Waals surface area (Å²) in [4.78, 5) is 31.5. The number of fused-ring (bicyclic) bond motifs is 1. The Labute approximate surface area is 310 Å². The van der Waals surface area contributed by atoms with Gasteiger partial charge in [0.25, 0.3) is 0 Å². The number of hydrogen-bond acceptors (Lipinski definition) is 8. The number of Topliss-reactive ketones (excluding diaryl/α,β-unsaturated/α-hetero) is 1. The number of hydrogen-bond donors (Lipinski definition) is 2. The molecule has 2 aromatic heterocycles. The number of benzene rings is 2. The Balaban J connectivity index is 1.24. The summed E-state index contributed by atoms with van der Waals surface area (Å²) in [6, 6.07) is 16.1. The molecule has 0 radical (unpaired) electrons. The maximum absolute atomic E-state index is 14.4. The number of pyridine rings is 2. The summed E-state index contributed by atoms with van der Waals surface area (Å²) < 4.78 is 60.1. The van der Waals surface area contributed by atoms with Gasteiger partial charge in [0.2, 0.25) is 17.6 Å². The lowest BCUT2D eigenvalue weighted by molar-refractivity contribution is -0.140. The van der Waals surface area contributed by atoms with Crippen molar-refractivity contribution in [2.45, 2.75) is 76.6 Å². The molecule has 2 N–H and O–H groups in total. The van der Waals surface area contributed by atoms with E-state index in [-0.39, 0.29) is 24.3 Å². The molecule has 2 aromatic carbocycles. The molecule has 2 aliphatic rings. The molecule has 2 heterocycles. The third kappa shape index (κ3) is 8.76. The largest absolute Gasteiger partial charge is 0.481 e. The third-order valence-corrected chi connectivity index (χ3v) is 10.3. The number of ether oxygens (including phenoxy) is 3. The fourth-order valence-electron chi connectivity index (χ4n) is 7.23. The first-order valence-electron chi connectivity index (χ1n) is 17.7. The summed E-state index contributed by atoms with van der Waals surface area (Å²) in [5.41, 5.74) is 4.68. The van der Waals surface area contributed by atoms with Gasteiger partial charge in [-0.15, -0.1) is 0 Å². The van der Waals surface area contributed by atoms with Gasteiger partial charge < -0.3 is 24.6 Å². The molecular formula is C40H41ClF3N3O6. The molecule has 0 amide bonds. The number of aryl methyl sites for hydroxylation is 1. The number of unbranched alkanes of at least 4 members (excludes halogenated alkanes) is 1. The van der Waals surface area contributed by atoms with Crippen LogP contribution in [0.25, 0.3) is 22.4 Å². The van der Waals surface area contributed by atoms with Crippen LogP contribution in [0.3, 0.4) is 0 Å². The number of carboxylic acid groups (broad SMARTS) is 1. The Bertz CT molecular complexity index is 1990. The summed E-state index contributed by atoms with van der Waals surface area (Å²) >= 11 is 7.10. The highest BCUT2D eigenvalue weighted by molar-refractivity contribution is 6.36. The molecule has 1 saturated carbocycles. The first-order valence-corrected chi connectivity index (χ1v) is 18.1. The van der Waals surface area contributed by atoms with Gasteiger partial charge in [0, 0.05) is 48.1 Å². The number of rotatable bonds is 15. The molecule has 280 valence electrons. The monoisotopic (exact) mass is 751 g/mol. The first-order chi connectivity index (χ1) is 25.5. The van der Waals surface area contributed by atoms with Crippen LogP contribution in [0, 0.1) is 5.92 Å². The van der Waals surface area contributed by atoms with Gasteiger partial charge in [-0.25, -0.2) is 4.98 Å². The van der Waals surface area contributed by atoms with E-state index in [4.69, 9.17) is 35.9 Å². The maximum Gasteiger partial charge on any atom is 0.421 e. The average Bonchev–Trinajstić information content (AvgIpc) is 3.75. The molecule has 0 saturated heterocycles. The molecule has 0 spiro atoms. The normalized spacial score (nSPS) is 16.8. The highest BCUT2D eigenvalue weighted by atomic mass is 35.5. The quantitative estimate of drug-likeness (QED) is 0.115. The Morgan fingerprint density at radius 2 is 1.66 bits per heavy atom. The van der Waals surface area contributed by atoms with Crippen molar-refractivity contribution in [2.75, 3.05) is 20.8 Å². The molecule has 13 heteroatoms. The molecular weight excluding hydrogens is 711 g/mol. The summed E-state index contributed by atoms with van der Waals surface area (Å²) in [7, 11) is 2.90. The summed E-state index contributed by atoms with van der Waals surface area (Å²) in [6.07, 6.45) is -1.53. The highest BCUT2D eigenvalue weighted by Gasteiger charge is 2.38. The number of halogens is 4. The summed E-state index contributed by atoms with van der Waals surface area (Å²) in [5.74, 6) is -0.394. The molecule has 2 atom stereocenters. The predicted molar refractivity (Wildman–Crippen MR) is 193 cm³/mol. The number of ketones is 1. The van der Waals surface area contributed by atoms with E-state index in [0.29, 0.717) is 78.9 Å². The van der Waals surface area contributed by atoms with E-state index in [0.717, 1.165) is 46.8 Å². The Morgan fingerprint density at radius 3 is 2.38 bits per heavy atom. The van der Waals surface area contributed by atoms with Crippen LogP contribution >= 0.6 is 11.6 Å². The van der Waals surface area contributed by atoms with Crippen molar-refractivity contribution in [1.29, 1.82) is 0 Å². The van der Waals surface area contributed by atoms with Gasteiger partial charge in [-0.3, -0.25) is 9.59 Å². The zero-order valence-electron chi connectivity index (χ0n) is 29.5. The van der Waals surface area contributed by atoms with Crippen LogP contribution in [-0.4, -0.2) is 47.6 Å². The number of methoxy groups -OCH3 is 2. The van der Waals surface area contributed by atoms with Crippen molar-refractivity contribution in [2.24, 2.45) is 5.92 Å². The van der Waals surface area contributed by atoms with Gasteiger partial charge in [0.05, 0.1) is 24.9 Å². The zero-order valence-corrected chi connectivity index (χ0v) is 30.3. The van der Waals surface area contributed by atoms with E-state index in [1.54, 1.807) is 7.11 Å². The minimum atomic E-state index is -4.75. The van der Waals surface area contributed by atoms with Crippen molar-refractivity contribution in [1.82, 2.24) is 15.3 Å². The number of carbonyl (C=O) groups is 2. The highest BCUT2D eigenvalue weighted by Crippen LogP contribution is 2.46. The van der Waals surface area contributed by atoms with Crippen LogP contribution in [0.4, 0.5) is 13.2 Å². The van der Waals surface area contributed by atoms with Crippen molar-refractivity contribution < 1.29 is 42.1 Å². The molecule has 0 unspecified atom stereocenters. The van der Waals surface area contributed by atoms with Crippen molar-refractivity contribution in [3.05, 3.63) is 87.4 Å². The fraction of sp³-hybridized carbons (Fsp3) is 0.400.